The van der Waals surface area contributed by atoms with Crippen molar-refractivity contribution in [2.75, 3.05) is 17.7 Å². The maximum absolute atomic E-state index is 12.6. The van der Waals surface area contributed by atoms with Crippen LogP contribution in [-0.2, 0) is 5.41 Å². The molecule has 0 aliphatic heterocycles. The van der Waals surface area contributed by atoms with E-state index in [1.165, 1.54) is 7.11 Å². The first-order valence-corrected chi connectivity index (χ1v) is 10.1. The Labute approximate surface area is 183 Å². The quantitative estimate of drug-likeness (QED) is 0.499. The summed E-state index contributed by atoms with van der Waals surface area (Å²) in [6.07, 6.45) is 0. The number of amides is 2. The summed E-state index contributed by atoms with van der Waals surface area (Å²) in [5.74, 6) is 1.34. The van der Waals surface area contributed by atoms with Gasteiger partial charge in [0.15, 0.2) is 0 Å². The van der Waals surface area contributed by atoms with Gasteiger partial charge in [0.05, 0.1) is 7.11 Å². The Morgan fingerprint density at radius 3 is 2.23 bits per heavy atom. The summed E-state index contributed by atoms with van der Waals surface area (Å²) in [5, 5.41) is 5.64. The van der Waals surface area contributed by atoms with Gasteiger partial charge >= 0.3 is 6.03 Å². The number of aryl methyl sites for hydroxylation is 2. The molecule has 6 heteroatoms. The topological polar surface area (TPSA) is 72.5 Å². The van der Waals surface area contributed by atoms with Crippen LogP contribution in [0.25, 0.3) is 0 Å². The highest BCUT2D eigenvalue weighted by molar-refractivity contribution is 6.00. The van der Waals surface area contributed by atoms with E-state index in [-0.39, 0.29) is 17.3 Å². The zero-order valence-electron chi connectivity index (χ0n) is 18.9. The molecule has 2 N–H and O–H groups in total. The lowest BCUT2D eigenvalue weighted by Gasteiger charge is -2.23. The first-order chi connectivity index (χ1) is 14.7. The van der Waals surface area contributed by atoms with Gasteiger partial charge in [-0.2, -0.15) is 4.98 Å². The van der Waals surface area contributed by atoms with Crippen LogP contribution in [0.1, 0.15) is 37.5 Å². The molecule has 0 fully saturated rings. The number of aromatic nitrogens is 1. The predicted molar refractivity (Wildman–Crippen MR) is 125 cm³/mol. The normalized spacial score (nSPS) is 11.0. The van der Waals surface area contributed by atoms with Crippen LogP contribution in [-0.4, -0.2) is 18.1 Å². The number of methoxy groups -OCH3 is 1. The van der Waals surface area contributed by atoms with Gasteiger partial charge in [0.2, 0.25) is 11.8 Å². The van der Waals surface area contributed by atoms with Crippen LogP contribution >= 0.6 is 0 Å². The summed E-state index contributed by atoms with van der Waals surface area (Å²) in [6.45, 7) is 10.4. The van der Waals surface area contributed by atoms with Crippen molar-refractivity contribution in [1.82, 2.24) is 4.98 Å². The highest BCUT2D eigenvalue weighted by Gasteiger charge is 2.21. The standard InChI is InChI=1S/C25H29N3O3/c1-16-7-10-18(11-8-16)26-24(29)27-20-13-14-22(30-6)28-23(20)31-21-15-17(2)9-12-19(21)25(3,4)5/h7-15H,1-6H3,(H2,26,27,29). The minimum Gasteiger partial charge on any atom is -0.481 e. The van der Waals surface area contributed by atoms with Crippen LogP contribution in [0.15, 0.2) is 54.6 Å². The van der Waals surface area contributed by atoms with Gasteiger partial charge in [-0.3, -0.25) is 0 Å². The maximum Gasteiger partial charge on any atom is 0.323 e. The molecule has 6 nitrogen and oxygen atoms in total. The van der Waals surface area contributed by atoms with Gasteiger partial charge in [0.1, 0.15) is 11.4 Å². The number of anilines is 2. The van der Waals surface area contributed by atoms with Gasteiger partial charge in [-0.1, -0.05) is 50.6 Å². The fourth-order valence-corrected chi connectivity index (χ4v) is 3.07. The average molecular weight is 420 g/mol. The van der Waals surface area contributed by atoms with E-state index in [1.54, 1.807) is 12.1 Å². The number of urea groups is 1. The second-order valence-corrected chi connectivity index (χ2v) is 8.50. The third-order valence-corrected chi connectivity index (χ3v) is 4.75. The van der Waals surface area contributed by atoms with E-state index in [9.17, 15) is 4.79 Å². The van der Waals surface area contributed by atoms with Crippen LogP contribution in [0.4, 0.5) is 16.2 Å². The van der Waals surface area contributed by atoms with Crippen molar-refractivity contribution in [3.05, 3.63) is 71.3 Å². The van der Waals surface area contributed by atoms with E-state index in [1.807, 2.05) is 44.2 Å². The van der Waals surface area contributed by atoms with Crippen molar-refractivity contribution in [3.63, 3.8) is 0 Å². The number of benzene rings is 2. The van der Waals surface area contributed by atoms with Crippen LogP contribution in [0, 0.1) is 13.8 Å². The molecule has 0 atom stereocenters. The van der Waals surface area contributed by atoms with Crippen LogP contribution in [0.3, 0.4) is 0 Å². The van der Waals surface area contributed by atoms with Gasteiger partial charge in [-0.05, 0) is 49.1 Å². The molecule has 0 unspecified atom stereocenters. The van der Waals surface area contributed by atoms with Crippen molar-refractivity contribution in [1.29, 1.82) is 0 Å². The fraction of sp³-hybridized carbons (Fsp3) is 0.280. The van der Waals surface area contributed by atoms with Crippen molar-refractivity contribution in [2.24, 2.45) is 0 Å². The van der Waals surface area contributed by atoms with E-state index in [2.05, 4.69) is 48.5 Å². The minimum absolute atomic E-state index is 0.127. The Bertz CT molecular complexity index is 1070. The molecular formula is C25H29N3O3. The average Bonchev–Trinajstić information content (AvgIpc) is 2.70. The molecule has 2 amide bonds. The maximum atomic E-state index is 12.6. The van der Waals surface area contributed by atoms with Crippen LogP contribution in [0.5, 0.6) is 17.5 Å². The van der Waals surface area contributed by atoms with E-state index >= 15 is 0 Å². The molecule has 0 saturated heterocycles. The predicted octanol–water partition coefficient (Wildman–Crippen LogP) is 6.44. The Balaban J connectivity index is 1.90. The molecule has 1 heterocycles. The number of carbonyl (C=O) groups is 1. The lowest BCUT2D eigenvalue weighted by Crippen LogP contribution is -2.20. The number of carbonyl (C=O) groups excluding carboxylic acids is 1. The van der Waals surface area contributed by atoms with Crippen LogP contribution in [0.2, 0.25) is 0 Å². The second-order valence-electron chi connectivity index (χ2n) is 8.50. The Kier molecular flexibility index (Phi) is 6.49. The number of ether oxygens (including phenoxy) is 2. The highest BCUT2D eigenvalue weighted by Crippen LogP contribution is 2.37. The first-order valence-electron chi connectivity index (χ1n) is 10.1. The summed E-state index contributed by atoms with van der Waals surface area (Å²) in [6, 6.07) is 16.6. The molecule has 0 aliphatic rings. The molecule has 0 aliphatic carbocycles. The summed E-state index contributed by atoms with van der Waals surface area (Å²) in [4.78, 5) is 17.0. The second kappa shape index (κ2) is 9.08. The molecule has 0 radical (unpaired) electrons. The van der Waals surface area contributed by atoms with E-state index < -0.39 is 0 Å². The zero-order chi connectivity index (χ0) is 22.6. The molecule has 0 spiro atoms. The largest absolute Gasteiger partial charge is 0.481 e. The lowest BCUT2D eigenvalue weighted by atomic mass is 9.86. The minimum atomic E-state index is -0.388. The number of hydrogen-bond acceptors (Lipinski definition) is 4. The van der Waals surface area contributed by atoms with Crippen molar-refractivity contribution in [3.8, 4) is 17.5 Å². The van der Waals surface area contributed by atoms with E-state index in [0.29, 0.717) is 23.0 Å². The van der Waals surface area contributed by atoms with E-state index in [4.69, 9.17) is 9.47 Å². The highest BCUT2D eigenvalue weighted by atomic mass is 16.5. The van der Waals surface area contributed by atoms with Crippen molar-refractivity contribution < 1.29 is 14.3 Å². The molecule has 162 valence electrons. The monoisotopic (exact) mass is 419 g/mol. The summed E-state index contributed by atoms with van der Waals surface area (Å²) in [5.41, 5.74) is 4.23. The summed E-state index contributed by atoms with van der Waals surface area (Å²) < 4.78 is 11.5. The smallest absolute Gasteiger partial charge is 0.323 e. The molecule has 1 aromatic heterocycles. The Hall–Kier alpha value is -3.54. The number of rotatable bonds is 5. The fourth-order valence-electron chi connectivity index (χ4n) is 3.07. The van der Waals surface area contributed by atoms with Crippen molar-refractivity contribution >= 4 is 17.4 Å². The number of pyridine rings is 1. The van der Waals surface area contributed by atoms with Crippen LogP contribution < -0.4 is 20.1 Å². The number of hydrogen-bond donors (Lipinski definition) is 2. The Morgan fingerprint density at radius 1 is 0.903 bits per heavy atom. The van der Waals surface area contributed by atoms with Gasteiger partial charge in [-0.25, -0.2) is 4.79 Å². The summed E-state index contributed by atoms with van der Waals surface area (Å²) >= 11 is 0. The third-order valence-electron chi connectivity index (χ3n) is 4.75. The van der Waals surface area contributed by atoms with Gasteiger partial charge in [0.25, 0.3) is 0 Å². The van der Waals surface area contributed by atoms with Crippen molar-refractivity contribution in [2.45, 2.75) is 40.0 Å². The SMILES string of the molecule is COc1ccc(NC(=O)Nc2ccc(C)cc2)c(Oc2cc(C)ccc2C(C)(C)C)n1. The van der Waals surface area contributed by atoms with Gasteiger partial charge in [0, 0.05) is 17.3 Å². The molecule has 0 saturated carbocycles. The third kappa shape index (κ3) is 5.75. The first kappa shape index (κ1) is 22.2. The molecular weight excluding hydrogens is 390 g/mol. The summed E-state index contributed by atoms with van der Waals surface area (Å²) in [7, 11) is 1.54. The molecule has 0 bridgehead atoms. The molecule has 3 aromatic rings. The lowest BCUT2D eigenvalue weighted by molar-refractivity contribution is 0.262. The number of nitrogens with one attached hydrogen (secondary N) is 2. The Morgan fingerprint density at radius 2 is 1.58 bits per heavy atom. The molecule has 2 aromatic carbocycles. The van der Waals surface area contributed by atoms with Gasteiger partial charge in [-0.15, -0.1) is 0 Å². The van der Waals surface area contributed by atoms with E-state index in [0.717, 1.165) is 16.7 Å². The zero-order valence-corrected chi connectivity index (χ0v) is 18.9. The van der Waals surface area contributed by atoms with Gasteiger partial charge < -0.3 is 20.1 Å². The molecule has 31 heavy (non-hydrogen) atoms. The number of nitrogens with zero attached hydrogens (tertiary/aromatic N) is 1. The molecule has 3 rings (SSSR count).